The number of hydrogen-bond donors (Lipinski definition) is 1. The Kier molecular flexibility index (Phi) is 7.06. The van der Waals surface area contributed by atoms with E-state index in [4.69, 9.17) is 4.74 Å². The fourth-order valence-corrected chi connectivity index (χ4v) is 3.13. The molecule has 1 N–H and O–H groups in total. The van der Waals surface area contributed by atoms with E-state index in [2.05, 4.69) is 5.32 Å². The Morgan fingerprint density at radius 2 is 1.85 bits per heavy atom. The molecule has 5 heteroatoms. The highest BCUT2D eigenvalue weighted by atomic mass is 16.5. The number of benzene rings is 1. The minimum Gasteiger partial charge on any atom is -0.493 e. The second kappa shape index (κ2) is 9.06. The predicted molar refractivity (Wildman–Crippen MR) is 103 cm³/mol. The van der Waals surface area contributed by atoms with E-state index < -0.39 is 0 Å². The van der Waals surface area contributed by atoms with Gasteiger partial charge in [0.2, 0.25) is 11.8 Å². The number of aryl methyl sites for hydroxylation is 1. The van der Waals surface area contributed by atoms with Gasteiger partial charge in [0, 0.05) is 31.0 Å². The summed E-state index contributed by atoms with van der Waals surface area (Å²) >= 11 is 0. The number of piperidine rings is 1. The van der Waals surface area contributed by atoms with Gasteiger partial charge in [-0.1, -0.05) is 39.0 Å². The lowest BCUT2D eigenvalue weighted by molar-refractivity contribution is -0.140. The van der Waals surface area contributed by atoms with Gasteiger partial charge in [-0.15, -0.1) is 0 Å². The molecule has 1 aromatic rings. The summed E-state index contributed by atoms with van der Waals surface area (Å²) in [6.45, 7) is 9.83. The largest absolute Gasteiger partial charge is 0.493 e. The lowest BCUT2D eigenvalue weighted by Crippen LogP contribution is -2.49. The number of carbonyl (C=O) groups is 2. The Hall–Kier alpha value is -2.04. The Labute approximate surface area is 157 Å². The van der Waals surface area contributed by atoms with Crippen LogP contribution in [0.25, 0.3) is 0 Å². The zero-order chi connectivity index (χ0) is 19.2. The van der Waals surface area contributed by atoms with Gasteiger partial charge in [-0.2, -0.15) is 0 Å². The van der Waals surface area contributed by atoms with Crippen LogP contribution in [-0.2, 0) is 9.59 Å². The first-order chi connectivity index (χ1) is 12.3. The molecule has 2 rings (SSSR count). The summed E-state index contributed by atoms with van der Waals surface area (Å²) < 4.78 is 5.73. The van der Waals surface area contributed by atoms with Crippen molar-refractivity contribution in [3.63, 3.8) is 0 Å². The molecular weight excluding hydrogens is 328 g/mol. The first kappa shape index (κ1) is 20.3. The summed E-state index contributed by atoms with van der Waals surface area (Å²) in [6, 6.07) is 8.06. The zero-order valence-electron chi connectivity index (χ0n) is 16.5. The maximum absolute atomic E-state index is 12.3. The van der Waals surface area contributed by atoms with Crippen LogP contribution in [0.4, 0.5) is 0 Å². The topological polar surface area (TPSA) is 58.6 Å². The van der Waals surface area contributed by atoms with Crippen molar-refractivity contribution >= 4 is 11.8 Å². The highest BCUT2D eigenvalue weighted by Gasteiger charge is 2.30. The third-order valence-corrected chi connectivity index (χ3v) is 4.69. The van der Waals surface area contributed by atoms with Gasteiger partial charge < -0.3 is 15.0 Å². The zero-order valence-corrected chi connectivity index (χ0v) is 16.5. The van der Waals surface area contributed by atoms with Crippen molar-refractivity contribution in [1.82, 2.24) is 10.2 Å². The quantitative estimate of drug-likeness (QED) is 0.792. The van der Waals surface area contributed by atoms with Crippen molar-refractivity contribution in [2.45, 2.75) is 59.4 Å². The van der Waals surface area contributed by atoms with Crippen molar-refractivity contribution in [1.29, 1.82) is 0 Å². The standard InChI is InChI=1S/C21H32N2O3/c1-16-8-5-6-9-18(16)26-15-7-10-19(24)22-17-11-13-23(14-12-17)20(25)21(2,3)4/h5-6,8-9,17H,7,10-15H2,1-4H3,(H,22,24). The molecule has 2 amide bonds. The average molecular weight is 360 g/mol. The smallest absolute Gasteiger partial charge is 0.227 e. The molecule has 144 valence electrons. The van der Waals surface area contributed by atoms with Crippen LogP contribution < -0.4 is 10.1 Å². The van der Waals surface area contributed by atoms with Crippen molar-refractivity contribution in [3.05, 3.63) is 29.8 Å². The van der Waals surface area contributed by atoms with Crippen LogP contribution in [0.15, 0.2) is 24.3 Å². The van der Waals surface area contributed by atoms with E-state index in [9.17, 15) is 9.59 Å². The molecule has 1 saturated heterocycles. The van der Waals surface area contributed by atoms with E-state index in [1.54, 1.807) is 0 Å². The van der Waals surface area contributed by atoms with E-state index in [0.717, 1.165) is 37.2 Å². The fourth-order valence-electron chi connectivity index (χ4n) is 3.13. The number of para-hydroxylation sites is 1. The first-order valence-electron chi connectivity index (χ1n) is 9.54. The van der Waals surface area contributed by atoms with Crippen LogP contribution in [0.1, 0.15) is 52.0 Å². The fraction of sp³-hybridized carbons (Fsp3) is 0.619. The summed E-state index contributed by atoms with van der Waals surface area (Å²) in [5, 5.41) is 3.09. The normalized spacial score (nSPS) is 15.6. The van der Waals surface area contributed by atoms with Gasteiger partial charge in [0.1, 0.15) is 5.75 Å². The molecule has 0 spiro atoms. The van der Waals surface area contributed by atoms with E-state index in [0.29, 0.717) is 19.4 Å². The van der Waals surface area contributed by atoms with E-state index >= 15 is 0 Å². The maximum atomic E-state index is 12.3. The third kappa shape index (κ3) is 6.04. The summed E-state index contributed by atoms with van der Waals surface area (Å²) in [5.74, 6) is 1.14. The van der Waals surface area contributed by atoms with Crippen LogP contribution >= 0.6 is 0 Å². The van der Waals surface area contributed by atoms with E-state index in [-0.39, 0.29) is 23.3 Å². The Bertz CT molecular complexity index is 614. The number of ether oxygens (including phenoxy) is 1. The van der Waals surface area contributed by atoms with Gasteiger partial charge in [0.25, 0.3) is 0 Å². The molecule has 0 unspecified atom stereocenters. The molecule has 1 fully saturated rings. The molecule has 5 nitrogen and oxygen atoms in total. The predicted octanol–water partition coefficient (Wildman–Crippen LogP) is 3.31. The molecule has 0 aromatic heterocycles. The number of amides is 2. The maximum Gasteiger partial charge on any atom is 0.227 e. The third-order valence-electron chi connectivity index (χ3n) is 4.69. The van der Waals surface area contributed by atoms with Crippen LogP contribution in [0.2, 0.25) is 0 Å². The van der Waals surface area contributed by atoms with Crippen LogP contribution in [-0.4, -0.2) is 42.5 Å². The number of nitrogens with one attached hydrogen (secondary N) is 1. The first-order valence-corrected chi connectivity index (χ1v) is 9.54. The van der Waals surface area contributed by atoms with Gasteiger partial charge >= 0.3 is 0 Å². The molecular formula is C21H32N2O3. The molecule has 0 aliphatic carbocycles. The average Bonchev–Trinajstić information content (AvgIpc) is 2.59. The summed E-state index contributed by atoms with van der Waals surface area (Å²) in [4.78, 5) is 26.3. The lowest BCUT2D eigenvalue weighted by Gasteiger charge is -2.36. The summed E-state index contributed by atoms with van der Waals surface area (Å²) in [6.07, 6.45) is 2.81. The molecule has 1 aromatic carbocycles. The molecule has 0 bridgehead atoms. The van der Waals surface area contributed by atoms with Crippen LogP contribution in [0, 0.1) is 12.3 Å². The summed E-state index contributed by atoms with van der Waals surface area (Å²) in [7, 11) is 0. The molecule has 0 radical (unpaired) electrons. The minimum absolute atomic E-state index is 0.0685. The number of likely N-dealkylation sites (tertiary alicyclic amines) is 1. The molecule has 26 heavy (non-hydrogen) atoms. The Morgan fingerprint density at radius 1 is 1.19 bits per heavy atom. The molecule has 1 aliphatic heterocycles. The minimum atomic E-state index is -0.340. The van der Waals surface area contributed by atoms with Gasteiger partial charge in [-0.25, -0.2) is 0 Å². The molecule has 0 atom stereocenters. The number of nitrogens with zero attached hydrogens (tertiary/aromatic N) is 1. The van der Waals surface area contributed by atoms with Gasteiger partial charge in [0.15, 0.2) is 0 Å². The van der Waals surface area contributed by atoms with Crippen molar-refractivity contribution in [3.8, 4) is 5.75 Å². The molecule has 1 heterocycles. The highest BCUT2D eigenvalue weighted by molar-refractivity contribution is 5.81. The number of rotatable bonds is 6. The monoisotopic (exact) mass is 360 g/mol. The van der Waals surface area contributed by atoms with E-state index in [1.807, 2.05) is 56.9 Å². The molecule has 1 aliphatic rings. The van der Waals surface area contributed by atoms with Gasteiger partial charge in [-0.3, -0.25) is 9.59 Å². The highest BCUT2D eigenvalue weighted by Crippen LogP contribution is 2.21. The number of hydrogen-bond acceptors (Lipinski definition) is 3. The Morgan fingerprint density at radius 3 is 2.46 bits per heavy atom. The van der Waals surface area contributed by atoms with Crippen molar-refractivity contribution in [2.75, 3.05) is 19.7 Å². The van der Waals surface area contributed by atoms with Crippen molar-refractivity contribution in [2.24, 2.45) is 5.41 Å². The van der Waals surface area contributed by atoms with Crippen LogP contribution in [0.5, 0.6) is 5.75 Å². The second-order valence-electron chi connectivity index (χ2n) is 8.10. The molecule has 0 saturated carbocycles. The number of carbonyl (C=O) groups excluding carboxylic acids is 2. The Balaban J connectivity index is 1.63. The van der Waals surface area contributed by atoms with E-state index in [1.165, 1.54) is 0 Å². The van der Waals surface area contributed by atoms with Crippen LogP contribution in [0.3, 0.4) is 0 Å². The lowest BCUT2D eigenvalue weighted by atomic mass is 9.93. The second-order valence-corrected chi connectivity index (χ2v) is 8.10. The van der Waals surface area contributed by atoms with Crippen molar-refractivity contribution < 1.29 is 14.3 Å². The van der Waals surface area contributed by atoms with Gasteiger partial charge in [-0.05, 0) is 37.8 Å². The SMILES string of the molecule is Cc1ccccc1OCCCC(=O)NC1CCN(C(=O)C(C)(C)C)CC1. The summed E-state index contributed by atoms with van der Waals surface area (Å²) in [5.41, 5.74) is 0.765. The van der Waals surface area contributed by atoms with Gasteiger partial charge in [0.05, 0.1) is 6.61 Å².